The SMILES string of the molecule is Cc1ccc2c(CC(=O)CC3(C)CC3)cccc2c1Oc1ncccc1-c1ccnc(N[C@H]2CCCNC2)n1. The average molecular weight is 522 g/mol. The van der Waals surface area contributed by atoms with Crippen molar-refractivity contribution in [2.24, 2.45) is 5.41 Å². The number of aryl methyl sites for hydroxylation is 1. The van der Waals surface area contributed by atoms with Gasteiger partial charge < -0.3 is 15.4 Å². The maximum Gasteiger partial charge on any atom is 0.228 e. The lowest BCUT2D eigenvalue weighted by molar-refractivity contribution is -0.119. The van der Waals surface area contributed by atoms with Crippen LogP contribution in [0.4, 0.5) is 5.95 Å². The minimum absolute atomic E-state index is 0.214. The van der Waals surface area contributed by atoms with E-state index in [4.69, 9.17) is 9.72 Å². The van der Waals surface area contributed by atoms with Crippen LogP contribution in [0.2, 0.25) is 0 Å². The predicted octanol–water partition coefficient (Wildman–Crippen LogP) is 6.26. The van der Waals surface area contributed by atoms with Gasteiger partial charge in [0.15, 0.2) is 0 Å². The van der Waals surface area contributed by atoms with E-state index in [0.29, 0.717) is 36.5 Å². The van der Waals surface area contributed by atoms with Gasteiger partial charge in [-0.3, -0.25) is 4.79 Å². The highest BCUT2D eigenvalue weighted by Crippen LogP contribution is 2.48. The molecule has 3 heterocycles. The Kier molecular flexibility index (Phi) is 7.00. The van der Waals surface area contributed by atoms with E-state index in [0.717, 1.165) is 77.7 Å². The van der Waals surface area contributed by atoms with Gasteiger partial charge in [0.2, 0.25) is 11.8 Å². The lowest BCUT2D eigenvalue weighted by Gasteiger charge is -2.23. The zero-order valence-corrected chi connectivity index (χ0v) is 22.7. The molecule has 0 amide bonds. The van der Waals surface area contributed by atoms with Gasteiger partial charge in [0.1, 0.15) is 11.5 Å². The van der Waals surface area contributed by atoms with E-state index < -0.39 is 0 Å². The second-order valence-electron chi connectivity index (χ2n) is 11.3. The van der Waals surface area contributed by atoms with Gasteiger partial charge in [-0.25, -0.2) is 15.0 Å². The minimum atomic E-state index is 0.214. The molecule has 0 unspecified atom stereocenters. The summed E-state index contributed by atoms with van der Waals surface area (Å²) in [5.41, 5.74) is 3.80. The normalized spacial score (nSPS) is 18.1. The number of nitrogens with one attached hydrogen (secondary N) is 2. The molecule has 0 spiro atoms. The highest BCUT2D eigenvalue weighted by atomic mass is 16.5. The molecule has 2 fully saturated rings. The maximum atomic E-state index is 12.8. The number of benzene rings is 2. The standard InChI is InChI=1S/C32H35N5O2/c1-21-10-11-25-22(18-24(38)19-32(2)13-14-32)6-3-8-26(25)29(21)39-30-27(9-5-16-34-30)28-12-17-35-31(37-28)36-23-7-4-15-33-20-23/h3,5-6,8-12,16-17,23,33H,4,7,13-15,18-20H2,1-2H3,(H,35,36,37)/t23-/m0/s1. The van der Waals surface area contributed by atoms with Gasteiger partial charge in [0.05, 0.1) is 11.3 Å². The molecule has 1 aliphatic carbocycles. The fourth-order valence-electron chi connectivity index (χ4n) is 5.43. The summed E-state index contributed by atoms with van der Waals surface area (Å²) in [4.78, 5) is 26.7. The molecule has 2 aromatic heterocycles. The Balaban J connectivity index is 1.29. The highest BCUT2D eigenvalue weighted by molar-refractivity contribution is 5.95. The summed E-state index contributed by atoms with van der Waals surface area (Å²) < 4.78 is 6.56. The number of piperidine rings is 1. The molecule has 4 aromatic rings. The van der Waals surface area contributed by atoms with E-state index in [1.54, 1.807) is 12.4 Å². The van der Waals surface area contributed by atoms with Crippen molar-refractivity contribution in [3.8, 4) is 22.9 Å². The van der Waals surface area contributed by atoms with E-state index in [1.807, 2.05) is 31.2 Å². The number of fused-ring (bicyclic) bond motifs is 1. The second-order valence-corrected chi connectivity index (χ2v) is 11.3. The largest absolute Gasteiger partial charge is 0.437 e. The Morgan fingerprint density at radius 2 is 1.97 bits per heavy atom. The number of hydrogen-bond acceptors (Lipinski definition) is 7. The minimum Gasteiger partial charge on any atom is -0.437 e. The van der Waals surface area contributed by atoms with Crippen LogP contribution in [0.3, 0.4) is 0 Å². The zero-order chi connectivity index (χ0) is 26.8. The van der Waals surface area contributed by atoms with Crippen LogP contribution in [0.25, 0.3) is 22.0 Å². The van der Waals surface area contributed by atoms with Crippen molar-refractivity contribution < 1.29 is 9.53 Å². The fourth-order valence-corrected chi connectivity index (χ4v) is 5.43. The molecule has 0 radical (unpaired) electrons. The van der Waals surface area contributed by atoms with Gasteiger partial charge in [0.25, 0.3) is 0 Å². The Hall–Kier alpha value is -3.84. The van der Waals surface area contributed by atoms with Gasteiger partial charge in [-0.1, -0.05) is 37.3 Å². The molecular weight excluding hydrogens is 486 g/mol. The van der Waals surface area contributed by atoms with Crippen molar-refractivity contribution in [1.29, 1.82) is 0 Å². The molecule has 2 aromatic carbocycles. The van der Waals surface area contributed by atoms with E-state index in [2.05, 4.69) is 51.8 Å². The van der Waals surface area contributed by atoms with E-state index in [-0.39, 0.29) is 5.41 Å². The number of hydrogen-bond donors (Lipinski definition) is 2. The number of anilines is 1. The smallest absolute Gasteiger partial charge is 0.228 e. The summed E-state index contributed by atoms with van der Waals surface area (Å²) in [7, 11) is 0. The lowest BCUT2D eigenvalue weighted by Crippen LogP contribution is -2.38. The van der Waals surface area contributed by atoms with Crippen LogP contribution >= 0.6 is 0 Å². The monoisotopic (exact) mass is 521 g/mol. The quantitative estimate of drug-likeness (QED) is 0.269. The Morgan fingerprint density at radius 3 is 2.79 bits per heavy atom. The molecular formula is C32H35N5O2. The number of pyridine rings is 1. The molecule has 7 nitrogen and oxygen atoms in total. The molecule has 1 aliphatic heterocycles. The van der Waals surface area contributed by atoms with Crippen molar-refractivity contribution in [2.75, 3.05) is 18.4 Å². The number of Topliss-reactive ketones (excluding diaryl/α,β-unsaturated/α-hetero) is 1. The number of carbonyl (C=O) groups excluding carboxylic acids is 1. The molecule has 1 saturated heterocycles. The van der Waals surface area contributed by atoms with Gasteiger partial charge in [-0.15, -0.1) is 0 Å². The Bertz CT molecular complexity index is 1510. The lowest BCUT2D eigenvalue weighted by atomic mass is 9.94. The van der Waals surface area contributed by atoms with Gasteiger partial charge in [0, 0.05) is 43.2 Å². The second kappa shape index (κ2) is 10.7. The number of ether oxygens (including phenoxy) is 1. The first kappa shape index (κ1) is 25.4. The highest BCUT2D eigenvalue weighted by Gasteiger charge is 2.38. The number of carbonyl (C=O) groups is 1. The molecule has 2 N–H and O–H groups in total. The molecule has 39 heavy (non-hydrogen) atoms. The number of ketones is 1. The fraction of sp³-hybridized carbons (Fsp3) is 0.375. The summed E-state index contributed by atoms with van der Waals surface area (Å²) >= 11 is 0. The molecule has 6 rings (SSSR count). The summed E-state index contributed by atoms with van der Waals surface area (Å²) in [6, 6.07) is 16.3. The first-order chi connectivity index (χ1) is 19.0. The third-order valence-electron chi connectivity index (χ3n) is 7.95. The van der Waals surface area contributed by atoms with Crippen LogP contribution in [-0.2, 0) is 11.2 Å². The summed E-state index contributed by atoms with van der Waals surface area (Å²) in [5, 5.41) is 8.89. The number of aromatic nitrogens is 3. The molecule has 0 bridgehead atoms. The van der Waals surface area contributed by atoms with E-state index in [9.17, 15) is 4.79 Å². The van der Waals surface area contributed by atoms with Crippen LogP contribution in [0.5, 0.6) is 11.6 Å². The maximum absolute atomic E-state index is 12.8. The van der Waals surface area contributed by atoms with Crippen molar-refractivity contribution >= 4 is 22.5 Å². The summed E-state index contributed by atoms with van der Waals surface area (Å²) in [6.07, 6.45) is 9.13. The van der Waals surface area contributed by atoms with Crippen molar-refractivity contribution in [1.82, 2.24) is 20.3 Å². The first-order valence-corrected chi connectivity index (χ1v) is 13.9. The topological polar surface area (TPSA) is 89.0 Å². The summed E-state index contributed by atoms with van der Waals surface area (Å²) in [6.45, 7) is 6.20. The zero-order valence-electron chi connectivity index (χ0n) is 22.7. The Labute approximate surface area is 229 Å². The third kappa shape index (κ3) is 5.78. The molecule has 1 saturated carbocycles. The van der Waals surface area contributed by atoms with Crippen LogP contribution in [-0.4, -0.2) is 39.9 Å². The molecule has 1 atom stereocenters. The van der Waals surface area contributed by atoms with E-state index >= 15 is 0 Å². The van der Waals surface area contributed by atoms with Gasteiger partial charge in [-0.05, 0) is 79.3 Å². The number of nitrogens with zero attached hydrogens (tertiary/aromatic N) is 3. The number of rotatable bonds is 9. The molecule has 200 valence electrons. The molecule has 2 aliphatic rings. The van der Waals surface area contributed by atoms with Gasteiger partial charge >= 0.3 is 0 Å². The first-order valence-electron chi connectivity index (χ1n) is 13.9. The summed E-state index contributed by atoms with van der Waals surface area (Å²) in [5.74, 6) is 2.14. The van der Waals surface area contributed by atoms with Crippen molar-refractivity contribution in [2.45, 2.75) is 58.4 Å². The van der Waals surface area contributed by atoms with Crippen LogP contribution in [0.1, 0.15) is 50.2 Å². The van der Waals surface area contributed by atoms with Crippen LogP contribution in [0, 0.1) is 12.3 Å². The van der Waals surface area contributed by atoms with Crippen LogP contribution in [0.15, 0.2) is 60.9 Å². The Morgan fingerprint density at radius 1 is 1.08 bits per heavy atom. The van der Waals surface area contributed by atoms with Crippen molar-refractivity contribution in [3.05, 3.63) is 72.1 Å². The van der Waals surface area contributed by atoms with Crippen LogP contribution < -0.4 is 15.4 Å². The van der Waals surface area contributed by atoms with Crippen molar-refractivity contribution in [3.63, 3.8) is 0 Å². The average Bonchev–Trinajstić information content (AvgIpc) is 3.67. The molecule has 7 heteroatoms. The van der Waals surface area contributed by atoms with Gasteiger partial charge in [-0.2, -0.15) is 0 Å². The third-order valence-corrected chi connectivity index (χ3v) is 7.95. The predicted molar refractivity (Wildman–Crippen MR) is 154 cm³/mol. The van der Waals surface area contributed by atoms with E-state index in [1.165, 1.54) is 0 Å².